The molecule has 0 bridgehead atoms. The van der Waals surface area contributed by atoms with Crippen LogP contribution in [-0.4, -0.2) is 38.1 Å². The van der Waals surface area contributed by atoms with E-state index in [-0.39, 0.29) is 13.0 Å². The van der Waals surface area contributed by atoms with Crippen LogP contribution in [0.2, 0.25) is 0 Å². The fourth-order valence-corrected chi connectivity index (χ4v) is 4.08. The van der Waals surface area contributed by atoms with Crippen molar-refractivity contribution in [2.45, 2.75) is 33.7 Å². The van der Waals surface area contributed by atoms with E-state index in [0.717, 1.165) is 22.2 Å². The molecule has 5 aromatic rings. The summed E-state index contributed by atoms with van der Waals surface area (Å²) in [6.07, 6.45) is 4.65. The van der Waals surface area contributed by atoms with Gasteiger partial charge in [-0.15, -0.1) is 5.10 Å². The molecule has 0 radical (unpaired) electrons. The average Bonchev–Trinajstić information content (AvgIpc) is 3.42. The Balaban J connectivity index is 0.00000181. The molecule has 0 unspecified atom stereocenters. The fourth-order valence-electron chi connectivity index (χ4n) is 4.08. The molecule has 0 aliphatic rings. The van der Waals surface area contributed by atoms with Crippen LogP contribution in [0, 0.1) is 0 Å². The summed E-state index contributed by atoms with van der Waals surface area (Å²) in [6.45, 7) is 6.49. The van der Waals surface area contributed by atoms with E-state index < -0.39 is 11.9 Å². The van der Waals surface area contributed by atoms with E-state index in [1.807, 2.05) is 62.5 Å². The number of anilines is 2. The maximum absolute atomic E-state index is 12.2. The third kappa shape index (κ3) is 6.87. The summed E-state index contributed by atoms with van der Waals surface area (Å²) in [4.78, 5) is 33.0. The number of hydrogen-bond acceptors (Lipinski definition) is 7. The van der Waals surface area contributed by atoms with Crippen LogP contribution in [0.1, 0.15) is 32.8 Å². The molecule has 3 aromatic heterocycles. The van der Waals surface area contributed by atoms with E-state index in [1.54, 1.807) is 23.7 Å². The van der Waals surface area contributed by atoms with Crippen LogP contribution in [0.4, 0.5) is 11.5 Å². The first-order valence-corrected chi connectivity index (χ1v) is 13.2. The van der Waals surface area contributed by atoms with Crippen LogP contribution in [0.25, 0.3) is 28.0 Å². The summed E-state index contributed by atoms with van der Waals surface area (Å²) in [5.41, 5.74) is 5.07. The number of pyridine rings is 1. The zero-order valence-corrected chi connectivity index (χ0v) is 22.8. The highest BCUT2D eigenvalue weighted by Gasteiger charge is 2.16. The molecule has 3 heterocycles. The number of nitrogens with one attached hydrogen (secondary N) is 2. The van der Waals surface area contributed by atoms with Gasteiger partial charge in [0.25, 0.3) is 0 Å². The molecule has 9 heteroatoms. The Bertz CT molecular complexity index is 1570. The van der Waals surface area contributed by atoms with Crippen LogP contribution in [0.3, 0.4) is 0 Å². The highest BCUT2D eigenvalue weighted by Crippen LogP contribution is 2.31. The first-order chi connectivity index (χ1) is 19.6. The molecule has 0 fully saturated rings. The first-order valence-electron chi connectivity index (χ1n) is 13.2. The van der Waals surface area contributed by atoms with Gasteiger partial charge < -0.3 is 15.4 Å². The zero-order chi connectivity index (χ0) is 28.3. The summed E-state index contributed by atoms with van der Waals surface area (Å²) in [5, 5.41) is 10.9. The molecule has 0 atom stereocenters. The standard InChI is InChI=1S/C29H26N6O3.C2H6/c1-2-38-26(37)16-25(36)32-23-15-22(18-30-19-23)28-33-29(31-17-20-9-5-3-6-10-20)27-24(13-14-35(27)34-28)21-11-7-4-8-12-21;1-2/h3-15,18-19H,2,16-17H2,1H3,(H,32,36)(H,31,33,34);1-2H3. The van der Waals surface area contributed by atoms with Gasteiger partial charge in [0, 0.05) is 30.1 Å². The molecule has 2 N–H and O–H groups in total. The van der Waals surface area contributed by atoms with Gasteiger partial charge >= 0.3 is 5.97 Å². The Hall–Kier alpha value is -5.05. The van der Waals surface area contributed by atoms with Gasteiger partial charge in [-0.3, -0.25) is 14.6 Å². The second-order valence-electron chi connectivity index (χ2n) is 8.50. The monoisotopic (exact) mass is 536 g/mol. The van der Waals surface area contributed by atoms with E-state index in [9.17, 15) is 9.59 Å². The second kappa shape index (κ2) is 13.7. The highest BCUT2D eigenvalue weighted by atomic mass is 16.5. The minimum Gasteiger partial charge on any atom is -0.466 e. The Morgan fingerprint density at radius 1 is 0.925 bits per heavy atom. The number of nitrogens with zero attached hydrogens (tertiary/aromatic N) is 4. The van der Waals surface area contributed by atoms with Crippen molar-refractivity contribution in [3.63, 3.8) is 0 Å². The number of ether oxygens (including phenoxy) is 1. The number of benzene rings is 2. The number of esters is 1. The molecular formula is C31H32N6O3. The first kappa shape index (κ1) is 28.0. The van der Waals surface area contributed by atoms with Crippen molar-refractivity contribution < 1.29 is 14.3 Å². The van der Waals surface area contributed by atoms with Crippen LogP contribution >= 0.6 is 0 Å². The van der Waals surface area contributed by atoms with Crippen LogP contribution in [0.5, 0.6) is 0 Å². The van der Waals surface area contributed by atoms with Gasteiger partial charge in [-0.1, -0.05) is 74.5 Å². The predicted molar refractivity (Wildman–Crippen MR) is 157 cm³/mol. The number of rotatable bonds is 9. The summed E-state index contributed by atoms with van der Waals surface area (Å²) < 4.78 is 6.64. The van der Waals surface area contributed by atoms with Crippen molar-refractivity contribution >= 4 is 28.9 Å². The topological polar surface area (TPSA) is 111 Å². The number of aromatic nitrogens is 4. The smallest absolute Gasteiger partial charge is 0.315 e. The van der Waals surface area contributed by atoms with E-state index in [0.29, 0.717) is 29.4 Å². The third-order valence-electron chi connectivity index (χ3n) is 5.79. The number of hydrogen-bond donors (Lipinski definition) is 2. The lowest BCUT2D eigenvalue weighted by Crippen LogP contribution is -2.18. The fraction of sp³-hybridized carbons (Fsp3) is 0.194. The molecule has 1 amide bonds. The second-order valence-corrected chi connectivity index (χ2v) is 8.50. The molecule has 0 saturated carbocycles. The predicted octanol–water partition coefficient (Wildman–Crippen LogP) is 5.99. The lowest BCUT2D eigenvalue weighted by atomic mass is 10.1. The lowest BCUT2D eigenvalue weighted by molar-refractivity contribution is -0.145. The molecule has 0 saturated heterocycles. The molecule has 204 valence electrons. The van der Waals surface area contributed by atoms with Crippen LogP contribution in [0.15, 0.2) is 91.4 Å². The Morgan fingerprint density at radius 3 is 2.38 bits per heavy atom. The summed E-state index contributed by atoms with van der Waals surface area (Å²) >= 11 is 0. The van der Waals surface area contributed by atoms with Crippen molar-refractivity contribution in [2.24, 2.45) is 0 Å². The molecule has 0 spiro atoms. The van der Waals surface area contributed by atoms with Gasteiger partial charge in [0.15, 0.2) is 11.6 Å². The quantitative estimate of drug-likeness (QED) is 0.176. The van der Waals surface area contributed by atoms with Crippen LogP contribution in [-0.2, 0) is 20.9 Å². The van der Waals surface area contributed by atoms with E-state index in [1.165, 1.54) is 6.20 Å². The van der Waals surface area contributed by atoms with Crippen LogP contribution < -0.4 is 10.6 Å². The Kier molecular flexibility index (Phi) is 9.55. The van der Waals surface area contributed by atoms with E-state index in [2.05, 4.69) is 39.9 Å². The van der Waals surface area contributed by atoms with Gasteiger partial charge in [0.2, 0.25) is 5.91 Å². The Morgan fingerprint density at radius 2 is 1.65 bits per heavy atom. The highest BCUT2D eigenvalue weighted by molar-refractivity contribution is 6.02. The average molecular weight is 537 g/mol. The maximum atomic E-state index is 12.2. The summed E-state index contributed by atoms with van der Waals surface area (Å²) in [5.74, 6) is 0.0254. The van der Waals surface area contributed by atoms with E-state index in [4.69, 9.17) is 14.8 Å². The van der Waals surface area contributed by atoms with Crippen molar-refractivity contribution in [3.8, 4) is 22.5 Å². The third-order valence-corrected chi connectivity index (χ3v) is 5.79. The molecular weight excluding hydrogens is 504 g/mol. The minimum atomic E-state index is -0.584. The van der Waals surface area contributed by atoms with Crippen molar-refractivity contribution in [1.29, 1.82) is 0 Å². The van der Waals surface area contributed by atoms with Gasteiger partial charge in [-0.05, 0) is 30.2 Å². The molecule has 0 aliphatic carbocycles. The van der Waals surface area contributed by atoms with Gasteiger partial charge in [-0.25, -0.2) is 9.50 Å². The SMILES string of the molecule is CC.CCOC(=O)CC(=O)Nc1cncc(-c2nc(NCc3ccccc3)c3c(-c4ccccc4)ccn3n2)c1. The number of carbonyl (C=O) groups excluding carboxylic acids is 2. The zero-order valence-electron chi connectivity index (χ0n) is 22.8. The normalized spacial score (nSPS) is 10.4. The lowest BCUT2D eigenvalue weighted by Gasteiger charge is -2.12. The molecule has 9 nitrogen and oxygen atoms in total. The molecule has 5 rings (SSSR count). The van der Waals surface area contributed by atoms with Gasteiger partial charge in [0.1, 0.15) is 11.9 Å². The van der Waals surface area contributed by atoms with Gasteiger partial charge in [0.05, 0.1) is 18.5 Å². The Labute approximate surface area is 233 Å². The van der Waals surface area contributed by atoms with Crippen molar-refractivity contribution in [2.75, 3.05) is 17.2 Å². The summed E-state index contributed by atoms with van der Waals surface area (Å²) in [6, 6.07) is 23.9. The van der Waals surface area contributed by atoms with Gasteiger partial charge in [-0.2, -0.15) is 0 Å². The number of amides is 1. The maximum Gasteiger partial charge on any atom is 0.315 e. The van der Waals surface area contributed by atoms with E-state index >= 15 is 0 Å². The van der Waals surface area contributed by atoms with Crippen molar-refractivity contribution in [1.82, 2.24) is 19.6 Å². The van der Waals surface area contributed by atoms with Crippen molar-refractivity contribution in [3.05, 3.63) is 97.0 Å². The molecule has 40 heavy (non-hydrogen) atoms. The number of fused-ring (bicyclic) bond motifs is 1. The largest absolute Gasteiger partial charge is 0.466 e. The summed E-state index contributed by atoms with van der Waals surface area (Å²) in [7, 11) is 0. The molecule has 0 aliphatic heterocycles. The number of carbonyl (C=O) groups is 2. The molecule has 2 aromatic carbocycles. The minimum absolute atomic E-state index is 0.217.